The Bertz CT molecular complexity index is 1080. The monoisotopic (exact) mass is 410 g/mol. The smallest absolute Gasteiger partial charge is 0.252 e. The Hall–Kier alpha value is -2.79. The van der Waals surface area contributed by atoms with Crippen molar-refractivity contribution in [3.63, 3.8) is 0 Å². The van der Waals surface area contributed by atoms with Gasteiger partial charge in [0.2, 0.25) is 0 Å². The number of fused-ring (bicyclic) bond motifs is 2. The second kappa shape index (κ2) is 8.29. The summed E-state index contributed by atoms with van der Waals surface area (Å²) in [6, 6.07) is 11.3. The molecule has 4 rings (SSSR count). The van der Waals surface area contributed by atoms with Crippen LogP contribution >= 0.6 is 11.6 Å². The van der Waals surface area contributed by atoms with Gasteiger partial charge in [0.05, 0.1) is 25.3 Å². The highest BCUT2D eigenvalue weighted by Crippen LogP contribution is 2.31. The van der Waals surface area contributed by atoms with Crippen LogP contribution < -0.4 is 14.8 Å². The summed E-state index contributed by atoms with van der Waals surface area (Å²) in [5.41, 5.74) is 4.70. The number of pyridine rings is 1. The van der Waals surface area contributed by atoms with E-state index in [1.807, 2.05) is 36.4 Å². The SMILES string of the molecule is COc1ccc(CCNC(=O)c2c3c(nc4ccc(Cl)cc24)CCC3)cc1OC. The van der Waals surface area contributed by atoms with E-state index in [2.05, 4.69) is 5.32 Å². The minimum atomic E-state index is -0.0710. The Balaban J connectivity index is 1.55. The third kappa shape index (κ3) is 3.87. The van der Waals surface area contributed by atoms with Crippen LogP contribution in [0.25, 0.3) is 10.9 Å². The molecule has 0 fully saturated rings. The van der Waals surface area contributed by atoms with Crippen molar-refractivity contribution in [2.75, 3.05) is 20.8 Å². The van der Waals surface area contributed by atoms with Crippen molar-refractivity contribution >= 4 is 28.4 Å². The van der Waals surface area contributed by atoms with Gasteiger partial charge in [-0.2, -0.15) is 0 Å². The van der Waals surface area contributed by atoms with Gasteiger partial charge in [-0.25, -0.2) is 0 Å². The molecule has 0 unspecified atom stereocenters. The van der Waals surface area contributed by atoms with Gasteiger partial charge in [0, 0.05) is 22.6 Å². The van der Waals surface area contributed by atoms with Crippen molar-refractivity contribution in [2.24, 2.45) is 0 Å². The third-order valence-electron chi connectivity index (χ3n) is 5.35. The maximum absolute atomic E-state index is 13.1. The number of nitrogens with zero attached hydrogens (tertiary/aromatic N) is 1. The quantitative estimate of drug-likeness (QED) is 0.655. The first-order chi connectivity index (χ1) is 14.1. The topological polar surface area (TPSA) is 60.5 Å². The van der Waals surface area contributed by atoms with E-state index in [0.29, 0.717) is 29.5 Å². The lowest BCUT2D eigenvalue weighted by Gasteiger charge is -2.14. The highest BCUT2D eigenvalue weighted by Gasteiger charge is 2.23. The normalized spacial score (nSPS) is 12.7. The first kappa shape index (κ1) is 19.5. The number of methoxy groups -OCH3 is 2. The molecule has 0 spiro atoms. The molecule has 1 aromatic heterocycles. The number of rotatable bonds is 6. The number of benzene rings is 2. The van der Waals surface area contributed by atoms with Crippen molar-refractivity contribution in [1.82, 2.24) is 10.3 Å². The first-order valence-corrected chi connectivity index (χ1v) is 10.1. The molecule has 29 heavy (non-hydrogen) atoms. The van der Waals surface area contributed by atoms with E-state index in [-0.39, 0.29) is 5.91 Å². The van der Waals surface area contributed by atoms with Gasteiger partial charge in [-0.15, -0.1) is 0 Å². The predicted molar refractivity (Wildman–Crippen MR) is 114 cm³/mol. The molecular formula is C23H23ClN2O3. The molecule has 1 aliphatic rings. The molecule has 5 nitrogen and oxygen atoms in total. The lowest BCUT2D eigenvalue weighted by atomic mass is 10.0. The Morgan fingerprint density at radius 2 is 1.93 bits per heavy atom. The number of hydrogen-bond acceptors (Lipinski definition) is 4. The molecule has 1 N–H and O–H groups in total. The van der Waals surface area contributed by atoms with Gasteiger partial charge in [0.1, 0.15) is 0 Å². The van der Waals surface area contributed by atoms with Gasteiger partial charge in [0.15, 0.2) is 11.5 Å². The van der Waals surface area contributed by atoms with Crippen LogP contribution in [-0.4, -0.2) is 31.7 Å². The van der Waals surface area contributed by atoms with Gasteiger partial charge in [-0.3, -0.25) is 9.78 Å². The summed E-state index contributed by atoms with van der Waals surface area (Å²) in [4.78, 5) is 17.9. The summed E-state index contributed by atoms with van der Waals surface area (Å²) in [6.07, 6.45) is 3.51. The van der Waals surface area contributed by atoms with E-state index in [0.717, 1.165) is 52.5 Å². The van der Waals surface area contributed by atoms with Crippen LogP contribution in [0.15, 0.2) is 36.4 Å². The standard InChI is InChI=1S/C23H23ClN2O3/c1-28-20-9-6-14(12-21(20)29-2)10-11-25-23(27)22-16-4-3-5-18(16)26-19-8-7-15(24)13-17(19)22/h6-9,12-13H,3-5,10-11H2,1-2H3,(H,25,27). The second-order valence-corrected chi connectivity index (χ2v) is 7.56. The first-order valence-electron chi connectivity index (χ1n) is 9.71. The molecule has 0 radical (unpaired) electrons. The molecule has 0 aliphatic heterocycles. The van der Waals surface area contributed by atoms with E-state index < -0.39 is 0 Å². The van der Waals surface area contributed by atoms with Crippen molar-refractivity contribution in [3.05, 3.63) is 63.8 Å². The molecule has 1 aliphatic carbocycles. The van der Waals surface area contributed by atoms with Gasteiger partial charge < -0.3 is 14.8 Å². The molecule has 1 amide bonds. The summed E-state index contributed by atoms with van der Waals surface area (Å²) < 4.78 is 10.6. The van der Waals surface area contributed by atoms with Crippen molar-refractivity contribution in [3.8, 4) is 11.5 Å². The molecule has 1 heterocycles. The van der Waals surface area contributed by atoms with Crippen LogP contribution in [0.2, 0.25) is 5.02 Å². The number of nitrogens with one attached hydrogen (secondary N) is 1. The zero-order valence-corrected chi connectivity index (χ0v) is 17.3. The average molecular weight is 411 g/mol. The van der Waals surface area contributed by atoms with Crippen LogP contribution in [0.3, 0.4) is 0 Å². The van der Waals surface area contributed by atoms with Crippen molar-refractivity contribution < 1.29 is 14.3 Å². The van der Waals surface area contributed by atoms with Crippen LogP contribution in [0.4, 0.5) is 0 Å². The summed E-state index contributed by atoms with van der Waals surface area (Å²) in [5, 5.41) is 4.50. The highest BCUT2D eigenvalue weighted by atomic mass is 35.5. The number of carbonyl (C=O) groups is 1. The molecule has 6 heteroatoms. The number of carbonyl (C=O) groups excluding carboxylic acids is 1. The molecule has 2 aromatic carbocycles. The molecular weight excluding hydrogens is 388 g/mol. The summed E-state index contributed by atoms with van der Waals surface area (Å²) in [6.45, 7) is 0.521. The molecule has 150 valence electrons. The number of amides is 1. The maximum atomic E-state index is 13.1. The summed E-state index contributed by atoms with van der Waals surface area (Å²) >= 11 is 6.20. The van der Waals surface area contributed by atoms with Crippen molar-refractivity contribution in [2.45, 2.75) is 25.7 Å². The van der Waals surface area contributed by atoms with Gasteiger partial charge in [0.25, 0.3) is 5.91 Å². The number of aromatic nitrogens is 1. The van der Waals surface area contributed by atoms with E-state index in [1.54, 1.807) is 14.2 Å². The number of hydrogen-bond donors (Lipinski definition) is 1. The predicted octanol–water partition coefficient (Wildman–Crippen LogP) is 4.37. The maximum Gasteiger partial charge on any atom is 0.252 e. The highest BCUT2D eigenvalue weighted by molar-refractivity contribution is 6.31. The number of halogens is 1. The Labute approximate surface area is 175 Å². The second-order valence-electron chi connectivity index (χ2n) is 7.12. The Morgan fingerprint density at radius 3 is 2.72 bits per heavy atom. The zero-order valence-electron chi connectivity index (χ0n) is 16.5. The fraction of sp³-hybridized carbons (Fsp3) is 0.304. The van der Waals surface area contributed by atoms with Crippen LogP contribution in [0.1, 0.15) is 33.6 Å². The zero-order chi connectivity index (χ0) is 20.4. The van der Waals surface area contributed by atoms with E-state index in [9.17, 15) is 4.79 Å². The van der Waals surface area contributed by atoms with E-state index in [4.69, 9.17) is 26.1 Å². The third-order valence-corrected chi connectivity index (χ3v) is 5.58. The fourth-order valence-electron chi connectivity index (χ4n) is 3.94. The van der Waals surface area contributed by atoms with E-state index in [1.165, 1.54) is 0 Å². The Morgan fingerprint density at radius 1 is 1.10 bits per heavy atom. The largest absolute Gasteiger partial charge is 0.493 e. The summed E-state index contributed by atoms with van der Waals surface area (Å²) in [7, 11) is 3.23. The van der Waals surface area contributed by atoms with Crippen molar-refractivity contribution in [1.29, 1.82) is 0 Å². The molecule has 3 aromatic rings. The van der Waals surface area contributed by atoms with Gasteiger partial charge >= 0.3 is 0 Å². The molecule has 0 bridgehead atoms. The van der Waals surface area contributed by atoms with Gasteiger partial charge in [-0.1, -0.05) is 17.7 Å². The van der Waals surface area contributed by atoms with E-state index >= 15 is 0 Å². The fourth-order valence-corrected chi connectivity index (χ4v) is 4.11. The summed E-state index contributed by atoms with van der Waals surface area (Å²) in [5.74, 6) is 1.30. The molecule has 0 saturated heterocycles. The minimum Gasteiger partial charge on any atom is -0.493 e. The van der Waals surface area contributed by atoms with Crippen LogP contribution in [0, 0.1) is 0 Å². The molecule has 0 saturated carbocycles. The lowest BCUT2D eigenvalue weighted by molar-refractivity contribution is 0.0955. The molecule has 0 atom stereocenters. The average Bonchev–Trinajstić information content (AvgIpc) is 3.19. The lowest BCUT2D eigenvalue weighted by Crippen LogP contribution is -2.27. The van der Waals surface area contributed by atoms with Crippen LogP contribution in [0.5, 0.6) is 11.5 Å². The number of ether oxygens (including phenoxy) is 2. The minimum absolute atomic E-state index is 0.0710. The van der Waals surface area contributed by atoms with Gasteiger partial charge in [-0.05, 0) is 67.1 Å². The number of aryl methyl sites for hydroxylation is 1. The Kier molecular flexibility index (Phi) is 5.58. The van der Waals surface area contributed by atoms with Crippen LogP contribution in [-0.2, 0) is 19.3 Å².